The van der Waals surface area contributed by atoms with Crippen LogP contribution in [0.1, 0.15) is 16.5 Å². The summed E-state index contributed by atoms with van der Waals surface area (Å²) in [6, 6.07) is 4.38. The van der Waals surface area contributed by atoms with E-state index in [1.807, 2.05) is 0 Å². The number of hydrogen-bond donors (Lipinski definition) is 0. The summed E-state index contributed by atoms with van der Waals surface area (Å²) in [5, 5.41) is 11.3. The van der Waals surface area contributed by atoms with Gasteiger partial charge >= 0.3 is 0 Å². The van der Waals surface area contributed by atoms with Crippen molar-refractivity contribution in [2.45, 2.75) is 13.0 Å². The minimum absolute atomic E-state index is 0.0890. The first-order valence-corrected chi connectivity index (χ1v) is 5.96. The average Bonchev–Trinajstić information content (AvgIpc) is 2.68. The average molecular weight is 222 g/mol. The second-order valence-electron chi connectivity index (χ2n) is 3.65. The van der Waals surface area contributed by atoms with Gasteiger partial charge in [0.25, 0.3) is 0 Å². The van der Waals surface area contributed by atoms with Crippen LogP contribution in [0.5, 0.6) is 0 Å². The Labute approximate surface area is 93.9 Å². The van der Waals surface area contributed by atoms with E-state index in [0.29, 0.717) is 0 Å². The fourth-order valence-corrected chi connectivity index (χ4v) is 2.81. The van der Waals surface area contributed by atoms with Crippen molar-refractivity contribution in [1.29, 1.82) is 5.26 Å². The van der Waals surface area contributed by atoms with Gasteiger partial charge in [0.05, 0.1) is 19.3 Å². The summed E-state index contributed by atoms with van der Waals surface area (Å²) < 4.78 is 5.29. The monoisotopic (exact) mass is 222 g/mol. The molecule has 0 N–H and O–H groups in total. The highest BCUT2D eigenvalue weighted by Crippen LogP contribution is 2.28. The normalized spacial score (nSPS) is 19.7. The van der Waals surface area contributed by atoms with Crippen molar-refractivity contribution in [1.82, 2.24) is 4.90 Å². The van der Waals surface area contributed by atoms with Gasteiger partial charge in [-0.25, -0.2) is 0 Å². The van der Waals surface area contributed by atoms with Gasteiger partial charge in [0, 0.05) is 18.0 Å². The molecule has 4 heteroatoms. The molecule has 1 aromatic heterocycles. The van der Waals surface area contributed by atoms with Crippen LogP contribution in [-0.4, -0.2) is 31.2 Å². The summed E-state index contributed by atoms with van der Waals surface area (Å²) in [6.07, 6.45) is 0. The predicted molar refractivity (Wildman–Crippen MR) is 59.8 cm³/mol. The number of hydrogen-bond acceptors (Lipinski definition) is 4. The van der Waals surface area contributed by atoms with Crippen molar-refractivity contribution in [3.8, 4) is 6.07 Å². The second-order valence-corrected chi connectivity index (χ2v) is 4.60. The van der Waals surface area contributed by atoms with Gasteiger partial charge in [-0.15, -0.1) is 11.3 Å². The van der Waals surface area contributed by atoms with Crippen molar-refractivity contribution in [2.75, 3.05) is 26.3 Å². The van der Waals surface area contributed by atoms with Crippen LogP contribution in [0.3, 0.4) is 0 Å². The first kappa shape index (κ1) is 10.6. The fraction of sp³-hybridized carbons (Fsp3) is 0.545. The lowest BCUT2D eigenvalue weighted by atomic mass is 10.1. The first-order valence-electron chi connectivity index (χ1n) is 5.08. The molecule has 2 rings (SSSR count). The van der Waals surface area contributed by atoms with Gasteiger partial charge in [-0.05, 0) is 23.9 Å². The molecule has 0 aliphatic carbocycles. The topological polar surface area (TPSA) is 36.3 Å². The van der Waals surface area contributed by atoms with E-state index in [1.54, 1.807) is 11.3 Å². The zero-order chi connectivity index (χ0) is 10.7. The van der Waals surface area contributed by atoms with Crippen LogP contribution in [0, 0.1) is 18.3 Å². The van der Waals surface area contributed by atoms with Gasteiger partial charge in [-0.3, -0.25) is 4.90 Å². The number of morpholine rings is 1. The van der Waals surface area contributed by atoms with Crippen molar-refractivity contribution >= 4 is 11.3 Å². The Hall–Kier alpha value is -0.890. The summed E-state index contributed by atoms with van der Waals surface area (Å²) in [5.41, 5.74) is 1.22. The van der Waals surface area contributed by atoms with Crippen LogP contribution in [0.15, 0.2) is 11.4 Å². The van der Waals surface area contributed by atoms with E-state index in [1.165, 1.54) is 10.4 Å². The Balaban J connectivity index is 2.17. The highest BCUT2D eigenvalue weighted by molar-refractivity contribution is 7.10. The predicted octanol–water partition coefficient (Wildman–Crippen LogP) is 1.95. The van der Waals surface area contributed by atoms with Crippen molar-refractivity contribution in [2.24, 2.45) is 0 Å². The maximum atomic E-state index is 9.25. The third kappa shape index (κ3) is 2.20. The van der Waals surface area contributed by atoms with Gasteiger partial charge in [0.15, 0.2) is 0 Å². The third-order valence-corrected chi connectivity index (χ3v) is 3.75. The first-order chi connectivity index (χ1) is 7.33. The molecule has 15 heavy (non-hydrogen) atoms. The van der Waals surface area contributed by atoms with Gasteiger partial charge in [0.1, 0.15) is 6.04 Å². The van der Waals surface area contributed by atoms with E-state index in [4.69, 9.17) is 4.74 Å². The van der Waals surface area contributed by atoms with Gasteiger partial charge in [-0.1, -0.05) is 0 Å². The van der Waals surface area contributed by atoms with Crippen LogP contribution >= 0.6 is 11.3 Å². The molecule has 1 unspecified atom stereocenters. The lowest BCUT2D eigenvalue weighted by Gasteiger charge is -2.30. The molecule has 1 fully saturated rings. The molecular formula is C11H14N2OS. The number of aryl methyl sites for hydroxylation is 1. The van der Waals surface area contributed by atoms with Crippen LogP contribution in [0.2, 0.25) is 0 Å². The van der Waals surface area contributed by atoms with Gasteiger partial charge in [0.2, 0.25) is 0 Å². The van der Waals surface area contributed by atoms with Crippen LogP contribution in [0.25, 0.3) is 0 Å². The van der Waals surface area contributed by atoms with E-state index >= 15 is 0 Å². The van der Waals surface area contributed by atoms with Gasteiger partial charge in [-0.2, -0.15) is 5.26 Å². The fourth-order valence-electron chi connectivity index (χ4n) is 1.81. The van der Waals surface area contributed by atoms with E-state index in [0.717, 1.165) is 26.3 Å². The largest absolute Gasteiger partial charge is 0.379 e. The van der Waals surface area contributed by atoms with Crippen LogP contribution in [0.4, 0.5) is 0 Å². The molecule has 0 saturated carbocycles. The van der Waals surface area contributed by atoms with E-state index in [2.05, 4.69) is 29.3 Å². The molecular weight excluding hydrogens is 208 g/mol. The Morgan fingerprint density at radius 2 is 2.27 bits per heavy atom. The molecule has 80 valence electrons. The lowest BCUT2D eigenvalue weighted by Crippen LogP contribution is -2.38. The maximum absolute atomic E-state index is 9.25. The van der Waals surface area contributed by atoms with Crippen LogP contribution < -0.4 is 0 Å². The summed E-state index contributed by atoms with van der Waals surface area (Å²) in [7, 11) is 0. The molecule has 0 radical (unpaired) electrons. The number of nitriles is 1. The Kier molecular flexibility index (Phi) is 3.37. The molecule has 1 aliphatic rings. The van der Waals surface area contributed by atoms with Gasteiger partial charge < -0.3 is 4.74 Å². The minimum Gasteiger partial charge on any atom is -0.379 e. The highest BCUT2D eigenvalue weighted by atomic mass is 32.1. The highest BCUT2D eigenvalue weighted by Gasteiger charge is 2.24. The minimum atomic E-state index is -0.0890. The van der Waals surface area contributed by atoms with E-state index in [9.17, 15) is 5.26 Å². The maximum Gasteiger partial charge on any atom is 0.133 e. The Morgan fingerprint density at radius 1 is 1.53 bits per heavy atom. The summed E-state index contributed by atoms with van der Waals surface area (Å²) in [6.45, 7) is 5.26. The smallest absolute Gasteiger partial charge is 0.133 e. The Bertz CT molecular complexity index is 363. The van der Waals surface area contributed by atoms with Crippen molar-refractivity contribution in [3.63, 3.8) is 0 Å². The molecule has 1 atom stereocenters. The van der Waals surface area contributed by atoms with Crippen molar-refractivity contribution < 1.29 is 4.74 Å². The summed E-state index contributed by atoms with van der Waals surface area (Å²) >= 11 is 1.67. The molecule has 0 bridgehead atoms. The molecule has 3 nitrogen and oxygen atoms in total. The Morgan fingerprint density at radius 3 is 2.80 bits per heavy atom. The summed E-state index contributed by atoms with van der Waals surface area (Å²) in [5.74, 6) is 0. The molecule has 2 heterocycles. The molecule has 0 aromatic carbocycles. The zero-order valence-corrected chi connectivity index (χ0v) is 9.59. The molecule has 1 aromatic rings. The quantitative estimate of drug-likeness (QED) is 0.767. The molecule has 1 saturated heterocycles. The van der Waals surface area contributed by atoms with E-state index < -0.39 is 0 Å². The lowest BCUT2D eigenvalue weighted by molar-refractivity contribution is 0.0271. The molecule has 1 aliphatic heterocycles. The van der Waals surface area contributed by atoms with Crippen LogP contribution in [-0.2, 0) is 4.74 Å². The van der Waals surface area contributed by atoms with E-state index in [-0.39, 0.29) is 6.04 Å². The second kappa shape index (κ2) is 4.75. The zero-order valence-electron chi connectivity index (χ0n) is 8.77. The number of thiophene rings is 1. The number of rotatable bonds is 2. The SMILES string of the molecule is Cc1ccsc1C(C#N)N1CCOCC1. The standard InChI is InChI=1S/C11H14N2OS/c1-9-2-7-15-11(9)10(8-12)13-3-5-14-6-4-13/h2,7,10H,3-6H2,1H3. The number of ether oxygens (including phenoxy) is 1. The molecule has 0 amide bonds. The molecule has 0 spiro atoms. The number of nitrogens with zero attached hydrogens (tertiary/aromatic N) is 2. The third-order valence-electron chi connectivity index (χ3n) is 2.68. The van der Waals surface area contributed by atoms with Crippen molar-refractivity contribution in [3.05, 3.63) is 21.9 Å². The summed E-state index contributed by atoms with van der Waals surface area (Å²) in [4.78, 5) is 3.38.